The molecule has 3 N–H and O–H groups in total. The van der Waals surface area contributed by atoms with E-state index in [0.29, 0.717) is 13.2 Å². The van der Waals surface area contributed by atoms with Gasteiger partial charge in [-0.1, -0.05) is 30.3 Å². The fourth-order valence-corrected chi connectivity index (χ4v) is 3.63. The smallest absolute Gasteiger partial charge is 0.319 e. The summed E-state index contributed by atoms with van der Waals surface area (Å²) < 4.78 is 5.07. The Balaban J connectivity index is 1.49. The number of benzene rings is 2. The second kappa shape index (κ2) is 8.49. The van der Waals surface area contributed by atoms with Crippen molar-refractivity contribution < 1.29 is 9.53 Å². The van der Waals surface area contributed by atoms with Gasteiger partial charge in [-0.3, -0.25) is 0 Å². The lowest BCUT2D eigenvalue weighted by Crippen LogP contribution is -2.49. The predicted molar refractivity (Wildman–Crippen MR) is 113 cm³/mol. The Bertz CT molecular complexity index is 963. The van der Waals surface area contributed by atoms with Crippen LogP contribution >= 0.6 is 0 Å². The minimum Gasteiger partial charge on any atom is -0.377 e. The number of nitrogens with zero attached hydrogens (tertiary/aromatic N) is 1. The van der Waals surface area contributed by atoms with Crippen LogP contribution in [0.2, 0.25) is 0 Å². The minimum absolute atomic E-state index is 0.113. The molecule has 6 nitrogen and oxygen atoms in total. The molecular formula is C23H26N4O2. The number of nitrogens with one attached hydrogen (secondary N) is 3. The molecule has 2 amide bonds. The highest BCUT2D eigenvalue weighted by molar-refractivity contribution is 5.89. The number of urea groups is 1. The van der Waals surface area contributed by atoms with Gasteiger partial charge in [0.05, 0.1) is 25.6 Å². The van der Waals surface area contributed by atoms with Crippen LogP contribution in [0.3, 0.4) is 0 Å². The molecule has 2 heterocycles. The molecule has 29 heavy (non-hydrogen) atoms. The first-order valence-corrected chi connectivity index (χ1v) is 9.88. The van der Waals surface area contributed by atoms with Crippen molar-refractivity contribution in [2.24, 2.45) is 0 Å². The van der Waals surface area contributed by atoms with Crippen LogP contribution in [0.5, 0.6) is 0 Å². The topological polar surface area (TPSA) is 79.0 Å². The van der Waals surface area contributed by atoms with Crippen LogP contribution in [0.4, 0.5) is 10.5 Å². The third-order valence-electron chi connectivity index (χ3n) is 5.54. The molecular weight excluding hydrogens is 364 g/mol. The molecule has 150 valence electrons. The zero-order valence-electron chi connectivity index (χ0n) is 16.7. The number of amides is 2. The van der Waals surface area contributed by atoms with E-state index >= 15 is 0 Å². The number of hydrogen-bond acceptors (Lipinski definition) is 3. The standard InChI is InChI=1S/C23H26N4O2/c1-15-4-3-5-20(16(15)2)21(22-11-24-14-25-22)10-17-6-8-18(9-7-17)26-23(28)27-19-12-29-13-19/h3-9,11,14,19,21H,10,12-13H2,1-2H3,(H,24,25)(H2,26,27,28). The Morgan fingerprint density at radius 2 is 2.00 bits per heavy atom. The molecule has 1 atom stereocenters. The summed E-state index contributed by atoms with van der Waals surface area (Å²) in [4.78, 5) is 19.5. The average Bonchev–Trinajstić information content (AvgIpc) is 3.21. The summed E-state index contributed by atoms with van der Waals surface area (Å²) in [5.74, 6) is 0.193. The molecule has 1 aliphatic rings. The van der Waals surface area contributed by atoms with Crippen LogP contribution in [0.15, 0.2) is 55.0 Å². The molecule has 1 unspecified atom stereocenters. The zero-order valence-corrected chi connectivity index (χ0v) is 16.7. The van der Waals surface area contributed by atoms with Gasteiger partial charge in [0.15, 0.2) is 0 Å². The van der Waals surface area contributed by atoms with Crippen LogP contribution in [-0.4, -0.2) is 35.3 Å². The van der Waals surface area contributed by atoms with E-state index in [4.69, 9.17) is 4.74 Å². The normalized spacial score (nSPS) is 14.8. The van der Waals surface area contributed by atoms with E-state index in [2.05, 4.69) is 64.8 Å². The maximum atomic E-state index is 12.0. The number of carbonyl (C=O) groups is 1. The molecule has 2 aromatic carbocycles. The quantitative estimate of drug-likeness (QED) is 0.597. The van der Waals surface area contributed by atoms with Crippen molar-refractivity contribution in [2.75, 3.05) is 18.5 Å². The number of aromatic amines is 1. The third-order valence-corrected chi connectivity index (χ3v) is 5.54. The van der Waals surface area contributed by atoms with Gasteiger partial charge >= 0.3 is 6.03 Å². The van der Waals surface area contributed by atoms with Gasteiger partial charge in [-0.15, -0.1) is 0 Å². The summed E-state index contributed by atoms with van der Waals surface area (Å²) in [5, 5.41) is 5.75. The Kier molecular flexibility index (Phi) is 5.62. The first-order valence-electron chi connectivity index (χ1n) is 9.88. The fourth-order valence-electron chi connectivity index (χ4n) is 3.63. The number of carbonyl (C=O) groups excluding carboxylic acids is 1. The third kappa shape index (κ3) is 4.49. The molecule has 1 aliphatic heterocycles. The van der Waals surface area contributed by atoms with Crippen molar-refractivity contribution in [1.29, 1.82) is 0 Å². The highest BCUT2D eigenvalue weighted by atomic mass is 16.5. The molecule has 0 spiro atoms. The van der Waals surface area contributed by atoms with Crippen molar-refractivity contribution in [3.05, 3.63) is 82.9 Å². The molecule has 1 aromatic heterocycles. The second-order valence-electron chi connectivity index (χ2n) is 7.58. The number of anilines is 1. The summed E-state index contributed by atoms with van der Waals surface area (Å²) in [5.41, 5.74) is 6.97. The highest BCUT2D eigenvalue weighted by Gasteiger charge is 2.21. The largest absolute Gasteiger partial charge is 0.377 e. The lowest BCUT2D eigenvalue weighted by atomic mass is 9.85. The number of imidazole rings is 1. The Hall–Kier alpha value is -3.12. The fraction of sp³-hybridized carbons (Fsp3) is 0.304. The minimum atomic E-state index is -0.197. The van der Waals surface area contributed by atoms with Crippen LogP contribution in [0.1, 0.15) is 33.9 Å². The maximum Gasteiger partial charge on any atom is 0.319 e. The van der Waals surface area contributed by atoms with E-state index in [0.717, 1.165) is 17.8 Å². The molecule has 1 fully saturated rings. The summed E-state index contributed by atoms with van der Waals surface area (Å²) in [6, 6.07) is 14.4. The molecule has 4 rings (SSSR count). The van der Waals surface area contributed by atoms with Crippen LogP contribution < -0.4 is 10.6 Å². The van der Waals surface area contributed by atoms with Crippen LogP contribution in [-0.2, 0) is 11.2 Å². The Morgan fingerprint density at radius 1 is 1.21 bits per heavy atom. The van der Waals surface area contributed by atoms with Gasteiger partial charge in [0, 0.05) is 23.5 Å². The van der Waals surface area contributed by atoms with Gasteiger partial charge in [0.2, 0.25) is 0 Å². The van der Waals surface area contributed by atoms with Crippen LogP contribution in [0.25, 0.3) is 0 Å². The molecule has 1 saturated heterocycles. The van der Waals surface area contributed by atoms with Crippen molar-refractivity contribution >= 4 is 11.7 Å². The molecule has 0 aliphatic carbocycles. The number of aryl methyl sites for hydroxylation is 1. The lowest BCUT2D eigenvalue weighted by Gasteiger charge is -2.26. The summed E-state index contributed by atoms with van der Waals surface area (Å²) in [6.45, 7) is 5.48. The zero-order chi connectivity index (χ0) is 20.2. The lowest BCUT2D eigenvalue weighted by molar-refractivity contribution is 0.000735. The van der Waals surface area contributed by atoms with E-state index in [1.54, 1.807) is 6.33 Å². The van der Waals surface area contributed by atoms with Gasteiger partial charge in [-0.25, -0.2) is 9.78 Å². The Labute approximate surface area is 170 Å². The number of aromatic nitrogens is 2. The SMILES string of the molecule is Cc1cccc(C(Cc2ccc(NC(=O)NC3COC3)cc2)c2cnc[nH]2)c1C. The monoisotopic (exact) mass is 390 g/mol. The predicted octanol–water partition coefficient (Wildman–Crippen LogP) is 3.92. The Morgan fingerprint density at radius 3 is 2.66 bits per heavy atom. The summed E-state index contributed by atoms with van der Waals surface area (Å²) >= 11 is 0. The second-order valence-corrected chi connectivity index (χ2v) is 7.58. The number of hydrogen-bond donors (Lipinski definition) is 3. The van der Waals surface area contributed by atoms with Crippen molar-refractivity contribution in [3.8, 4) is 0 Å². The number of rotatable bonds is 6. The first kappa shape index (κ1) is 19.2. The molecule has 6 heteroatoms. The molecule has 0 saturated carbocycles. The van der Waals surface area contributed by atoms with E-state index in [9.17, 15) is 4.79 Å². The van der Waals surface area contributed by atoms with Gasteiger partial charge in [0.25, 0.3) is 0 Å². The van der Waals surface area contributed by atoms with Gasteiger partial charge in [0.1, 0.15) is 0 Å². The van der Waals surface area contributed by atoms with E-state index in [1.807, 2.05) is 18.3 Å². The van der Waals surface area contributed by atoms with Crippen molar-refractivity contribution in [3.63, 3.8) is 0 Å². The van der Waals surface area contributed by atoms with Gasteiger partial charge in [-0.2, -0.15) is 0 Å². The van der Waals surface area contributed by atoms with Crippen molar-refractivity contribution in [2.45, 2.75) is 32.2 Å². The van der Waals surface area contributed by atoms with Gasteiger partial charge in [-0.05, 0) is 54.7 Å². The average molecular weight is 390 g/mol. The van der Waals surface area contributed by atoms with Crippen molar-refractivity contribution in [1.82, 2.24) is 15.3 Å². The number of ether oxygens (including phenoxy) is 1. The van der Waals surface area contributed by atoms with E-state index < -0.39 is 0 Å². The maximum absolute atomic E-state index is 12.0. The first-order chi connectivity index (χ1) is 14.1. The molecule has 0 bridgehead atoms. The summed E-state index contributed by atoms with van der Waals surface area (Å²) in [6.07, 6.45) is 4.47. The van der Waals surface area contributed by atoms with Crippen LogP contribution in [0, 0.1) is 13.8 Å². The van der Waals surface area contributed by atoms with E-state index in [-0.39, 0.29) is 18.0 Å². The van der Waals surface area contributed by atoms with E-state index in [1.165, 1.54) is 22.3 Å². The molecule has 3 aromatic rings. The molecule has 0 radical (unpaired) electrons. The number of H-pyrrole nitrogens is 1. The van der Waals surface area contributed by atoms with Gasteiger partial charge < -0.3 is 20.4 Å². The highest BCUT2D eigenvalue weighted by Crippen LogP contribution is 2.31. The summed E-state index contributed by atoms with van der Waals surface area (Å²) in [7, 11) is 0.